The molecule has 1 heterocycles. The summed E-state index contributed by atoms with van der Waals surface area (Å²) in [6.45, 7) is 3.85. The molecule has 3 heteroatoms. The second-order valence-corrected chi connectivity index (χ2v) is 6.31. The monoisotopic (exact) mass is 321 g/mol. The van der Waals surface area contributed by atoms with Crippen LogP contribution in [0.25, 0.3) is 11.6 Å². The molecule has 1 atom stereocenters. The number of benzene rings is 2. The van der Waals surface area contributed by atoms with Gasteiger partial charge in [0.15, 0.2) is 0 Å². The molecule has 1 fully saturated rings. The zero-order chi connectivity index (χ0) is 16.9. The second-order valence-electron chi connectivity index (χ2n) is 6.31. The maximum absolute atomic E-state index is 13.1. The van der Waals surface area contributed by atoms with Crippen molar-refractivity contribution in [2.24, 2.45) is 5.92 Å². The van der Waals surface area contributed by atoms with Gasteiger partial charge in [0.2, 0.25) is 0 Å². The Morgan fingerprint density at radius 3 is 2.50 bits per heavy atom. The number of hydrogen-bond acceptors (Lipinski definition) is 2. The standard InChI is InChI=1S/C21H23NO2/c1-16-12-13-22(15-16)21(23)19(17-8-4-3-5-9-17)14-18-10-6-7-11-20(18)24-2/h3-11,14,16H,12-13,15H2,1-2H3/b19-14+. The van der Waals surface area contributed by atoms with E-state index in [9.17, 15) is 4.79 Å². The lowest BCUT2D eigenvalue weighted by Crippen LogP contribution is -2.29. The SMILES string of the molecule is COc1ccccc1/C=C(/C(=O)N1CCC(C)C1)c1ccccc1. The average Bonchev–Trinajstić information content (AvgIpc) is 3.06. The van der Waals surface area contributed by atoms with E-state index in [1.54, 1.807) is 7.11 Å². The van der Waals surface area contributed by atoms with Gasteiger partial charge in [-0.15, -0.1) is 0 Å². The van der Waals surface area contributed by atoms with Crippen LogP contribution >= 0.6 is 0 Å². The number of para-hydroxylation sites is 1. The van der Waals surface area contributed by atoms with Gasteiger partial charge in [0.1, 0.15) is 5.75 Å². The van der Waals surface area contributed by atoms with E-state index in [1.165, 1.54) is 0 Å². The number of methoxy groups -OCH3 is 1. The largest absolute Gasteiger partial charge is 0.496 e. The summed E-state index contributed by atoms with van der Waals surface area (Å²) in [5.41, 5.74) is 2.57. The van der Waals surface area contributed by atoms with E-state index in [0.717, 1.165) is 36.4 Å². The average molecular weight is 321 g/mol. The maximum Gasteiger partial charge on any atom is 0.254 e. The molecule has 1 aliphatic heterocycles. The van der Waals surface area contributed by atoms with Crippen molar-refractivity contribution < 1.29 is 9.53 Å². The first-order valence-corrected chi connectivity index (χ1v) is 8.38. The van der Waals surface area contributed by atoms with Crippen LogP contribution in [0.4, 0.5) is 0 Å². The van der Waals surface area contributed by atoms with Crippen LogP contribution in [0.3, 0.4) is 0 Å². The van der Waals surface area contributed by atoms with Gasteiger partial charge in [0, 0.05) is 24.2 Å². The van der Waals surface area contributed by atoms with E-state index in [0.29, 0.717) is 11.5 Å². The number of amides is 1. The number of carbonyl (C=O) groups excluding carboxylic acids is 1. The number of hydrogen-bond donors (Lipinski definition) is 0. The molecule has 3 nitrogen and oxygen atoms in total. The zero-order valence-corrected chi connectivity index (χ0v) is 14.2. The topological polar surface area (TPSA) is 29.5 Å². The van der Waals surface area contributed by atoms with Crippen LogP contribution in [-0.2, 0) is 4.79 Å². The summed E-state index contributed by atoms with van der Waals surface area (Å²) in [6, 6.07) is 17.6. The van der Waals surface area contributed by atoms with Crippen LogP contribution in [0.1, 0.15) is 24.5 Å². The number of ether oxygens (including phenoxy) is 1. The van der Waals surface area contributed by atoms with Crippen LogP contribution in [0.15, 0.2) is 54.6 Å². The molecule has 0 spiro atoms. The minimum absolute atomic E-state index is 0.0939. The number of rotatable bonds is 4. The summed E-state index contributed by atoms with van der Waals surface area (Å²) in [5, 5.41) is 0. The minimum atomic E-state index is 0.0939. The van der Waals surface area contributed by atoms with Crippen molar-refractivity contribution in [1.29, 1.82) is 0 Å². The van der Waals surface area contributed by atoms with Gasteiger partial charge in [0.25, 0.3) is 5.91 Å². The Morgan fingerprint density at radius 2 is 1.83 bits per heavy atom. The highest BCUT2D eigenvalue weighted by atomic mass is 16.5. The fourth-order valence-corrected chi connectivity index (χ4v) is 3.12. The van der Waals surface area contributed by atoms with Crippen LogP contribution < -0.4 is 4.74 Å². The van der Waals surface area contributed by atoms with Crippen LogP contribution in [-0.4, -0.2) is 31.0 Å². The Kier molecular flexibility index (Phi) is 4.99. The first kappa shape index (κ1) is 16.3. The zero-order valence-electron chi connectivity index (χ0n) is 14.2. The third kappa shape index (κ3) is 3.51. The van der Waals surface area contributed by atoms with Gasteiger partial charge in [-0.3, -0.25) is 4.79 Å². The Balaban J connectivity index is 2.02. The van der Waals surface area contributed by atoms with Crippen molar-refractivity contribution in [3.63, 3.8) is 0 Å². The molecule has 1 unspecified atom stereocenters. The van der Waals surface area contributed by atoms with Gasteiger partial charge in [0.05, 0.1) is 7.11 Å². The summed E-state index contributed by atoms with van der Waals surface area (Å²) in [6.07, 6.45) is 3.02. The Bertz CT molecular complexity index is 737. The quantitative estimate of drug-likeness (QED) is 0.626. The summed E-state index contributed by atoms with van der Waals surface area (Å²) in [5.74, 6) is 1.43. The van der Waals surface area contributed by atoms with E-state index in [2.05, 4.69) is 6.92 Å². The Labute approximate surface area is 143 Å². The minimum Gasteiger partial charge on any atom is -0.496 e. The number of carbonyl (C=O) groups is 1. The Hall–Kier alpha value is -2.55. The van der Waals surface area contributed by atoms with E-state index in [-0.39, 0.29) is 5.91 Å². The molecule has 0 N–H and O–H groups in total. The summed E-state index contributed by atoms with van der Waals surface area (Å²) < 4.78 is 5.43. The fourth-order valence-electron chi connectivity index (χ4n) is 3.12. The molecule has 1 aliphatic rings. The molecule has 0 saturated carbocycles. The van der Waals surface area contributed by atoms with Crippen molar-refractivity contribution in [2.45, 2.75) is 13.3 Å². The Morgan fingerprint density at radius 1 is 1.12 bits per heavy atom. The molecule has 0 aliphatic carbocycles. The fraction of sp³-hybridized carbons (Fsp3) is 0.286. The first-order chi connectivity index (χ1) is 11.7. The van der Waals surface area contributed by atoms with Gasteiger partial charge < -0.3 is 9.64 Å². The molecule has 2 aromatic rings. The number of likely N-dealkylation sites (tertiary alicyclic amines) is 1. The van der Waals surface area contributed by atoms with E-state index in [1.807, 2.05) is 65.6 Å². The predicted octanol–water partition coefficient (Wildman–Crippen LogP) is 4.10. The summed E-state index contributed by atoms with van der Waals surface area (Å²) in [4.78, 5) is 15.1. The molecule has 124 valence electrons. The van der Waals surface area contributed by atoms with Crippen molar-refractivity contribution in [2.75, 3.05) is 20.2 Å². The van der Waals surface area contributed by atoms with Gasteiger partial charge in [-0.2, -0.15) is 0 Å². The molecule has 0 bridgehead atoms. The normalized spacial score (nSPS) is 17.8. The van der Waals surface area contributed by atoms with Gasteiger partial charge in [-0.05, 0) is 30.0 Å². The third-order valence-corrected chi connectivity index (χ3v) is 4.47. The summed E-state index contributed by atoms with van der Waals surface area (Å²) in [7, 11) is 1.65. The molecular formula is C21H23NO2. The van der Waals surface area contributed by atoms with Crippen molar-refractivity contribution in [3.8, 4) is 5.75 Å². The first-order valence-electron chi connectivity index (χ1n) is 8.38. The van der Waals surface area contributed by atoms with Crippen molar-refractivity contribution in [1.82, 2.24) is 4.90 Å². The van der Waals surface area contributed by atoms with Crippen molar-refractivity contribution in [3.05, 3.63) is 65.7 Å². The smallest absolute Gasteiger partial charge is 0.254 e. The molecule has 24 heavy (non-hydrogen) atoms. The van der Waals surface area contributed by atoms with Crippen molar-refractivity contribution >= 4 is 17.6 Å². The van der Waals surface area contributed by atoms with Gasteiger partial charge in [-0.25, -0.2) is 0 Å². The van der Waals surface area contributed by atoms with E-state index in [4.69, 9.17) is 4.74 Å². The van der Waals surface area contributed by atoms with Crippen LogP contribution in [0.2, 0.25) is 0 Å². The number of nitrogens with zero attached hydrogens (tertiary/aromatic N) is 1. The van der Waals surface area contributed by atoms with E-state index < -0.39 is 0 Å². The van der Waals surface area contributed by atoms with Gasteiger partial charge >= 0.3 is 0 Å². The molecule has 1 amide bonds. The van der Waals surface area contributed by atoms with Gasteiger partial charge in [-0.1, -0.05) is 55.5 Å². The van der Waals surface area contributed by atoms with Crippen LogP contribution in [0, 0.1) is 5.92 Å². The lowest BCUT2D eigenvalue weighted by atomic mass is 10.0. The predicted molar refractivity (Wildman–Crippen MR) is 97.7 cm³/mol. The maximum atomic E-state index is 13.1. The highest BCUT2D eigenvalue weighted by molar-refractivity contribution is 6.24. The van der Waals surface area contributed by atoms with E-state index >= 15 is 0 Å². The molecule has 0 aromatic heterocycles. The summed E-state index contributed by atoms with van der Waals surface area (Å²) >= 11 is 0. The molecule has 3 rings (SSSR count). The lowest BCUT2D eigenvalue weighted by molar-refractivity contribution is -0.124. The van der Waals surface area contributed by atoms with Crippen LogP contribution in [0.5, 0.6) is 5.75 Å². The molecule has 0 radical (unpaired) electrons. The highest BCUT2D eigenvalue weighted by Gasteiger charge is 2.26. The molecule has 2 aromatic carbocycles. The molecular weight excluding hydrogens is 298 g/mol. The second kappa shape index (κ2) is 7.35. The molecule has 1 saturated heterocycles. The third-order valence-electron chi connectivity index (χ3n) is 4.47. The highest BCUT2D eigenvalue weighted by Crippen LogP contribution is 2.27. The lowest BCUT2D eigenvalue weighted by Gasteiger charge is -2.19.